The molecule has 2 aromatic rings. The SMILES string of the molecule is CCc1ccc(-c2cccc(CN)c2)cc1. The number of hydrogen-bond donors (Lipinski definition) is 1. The summed E-state index contributed by atoms with van der Waals surface area (Å²) < 4.78 is 0. The van der Waals surface area contributed by atoms with Crippen LogP contribution in [0.25, 0.3) is 11.1 Å². The number of benzene rings is 2. The van der Waals surface area contributed by atoms with Crippen molar-refractivity contribution in [3.63, 3.8) is 0 Å². The second-order valence-corrected chi connectivity index (χ2v) is 3.95. The van der Waals surface area contributed by atoms with E-state index < -0.39 is 0 Å². The van der Waals surface area contributed by atoms with Crippen LogP contribution in [0, 0.1) is 0 Å². The Morgan fingerprint density at radius 3 is 2.25 bits per heavy atom. The number of aryl methyl sites for hydroxylation is 1. The van der Waals surface area contributed by atoms with Gasteiger partial charge in [0.15, 0.2) is 0 Å². The molecule has 0 fully saturated rings. The molecule has 0 radical (unpaired) electrons. The quantitative estimate of drug-likeness (QED) is 0.827. The van der Waals surface area contributed by atoms with Crippen molar-refractivity contribution >= 4 is 0 Å². The van der Waals surface area contributed by atoms with Gasteiger partial charge in [-0.15, -0.1) is 0 Å². The highest BCUT2D eigenvalue weighted by Gasteiger charge is 1.98. The molecular weight excluding hydrogens is 194 g/mol. The summed E-state index contributed by atoms with van der Waals surface area (Å²) in [5.41, 5.74) is 10.7. The van der Waals surface area contributed by atoms with Crippen molar-refractivity contribution in [3.8, 4) is 11.1 Å². The van der Waals surface area contributed by atoms with Crippen LogP contribution >= 0.6 is 0 Å². The van der Waals surface area contributed by atoms with Gasteiger partial charge in [0, 0.05) is 6.54 Å². The lowest BCUT2D eigenvalue weighted by atomic mass is 10.0. The van der Waals surface area contributed by atoms with Gasteiger partial charge in [0.05, 0.1) is 0 Å². The van der Waals surface area contributed by atoms with E-state index >= 15 is 0 Å². The molecule has 16 heavy (non-hydrogen) atoms. The Hall–Kier alpha value is -1.60. The van der Waals surface area contributed by atoms with Crippen molar-refractivity contribution in [2.45, 2.75) is 19.9 Å². The summed E-state index contributed by atoms with van der Waals surface area (Å²) in [4.78, 5) is 0. The van der Waals surface area contributed by atoms with Crippen LogP contribution in [0.15, 0.2) is 48.5 Å². The molecule has 2 rings (SSSR count). The lowest BCUT2D eigenvalue weighted by Crippen LogP contribution is -1.95. The zero-order valence-corrected chi connectivity index (χ0v) is 9.61. The first-order valence-corrected chi connectivity index (χ1v) is 5.72. The predicted molar refractivity (Wildman–Crippen MR) is 69.1 cm³/mol. The standard InChI is InChI=1S/C15H17N/c1-2-12-6-8-14(9-7-12)15-5-3-4-13(10-15)11-16/h3-10H,2,11,16H2,1H3. The normalized spacial score (nSPS) is 10.4. The molecule has 0 aromatic heterocycles. The smallest absolute Gasteiger partial charge is 0.0178 e. The highest BCUT2D eigenvalue weighted by Crippen LogP contribution is 2.21. The Morgan fingerprint density at radius 1 is 0.875 bits per heavy atom. The Bertz CT molecular complexity index is 457. The zero-order chi connectivity index (χ0) is 11.4. The van der Waals surface area contributed by atoms with E-state index in [9.17, 15) is 0 Å². The Labute approximate surface area is 96.9 Å². The molecule has 0 saturated heterocycles. The van der Waals surface area contributed by atoms with Crippen molar-refractivity contribution < 1.29 is 0 Å². The van der Waals surface area contributed by atoms with E-state index in [1.807, 2.05) is 0 Å². The second kappa shape index (κ2) is 4.95. The van der Waals surface area contributed by atoms with Gasteiger partial charge >= 0.3 is 0 Å². The third-order valence-electron chi connectivity index (χ3n) is 2.86. The molecule has 0 spiro atoms. The van der Waals surface area contributed by atoms with Gasteiger partial charge in [-0.25, -0.2) is 0 Å². The van der Waals surface area contributed by atoms with Crippen molar-refractivity contribution in [3.05, 3.63) is 59.7 Å². The molecule has 0 aliphatic rings. The van der Waals surface area contributed by atoms with E-state index in [0.717, 1.165) is 6.42 Å². The van der Waals surface area contributed by atoms with Crippen LogP contribution in [-0.2, 0) is 13.0 Å². The summed E-state index contributed by atoms with van der Waals surface area (Å²) in [6, 6.07) is 17.1. The zero-order valence-electron chi connectivity index (χ0n) is 9.61. The molecule has 2 N–H and O–H groups in total. The number of nitrogens with two attached hydrogens (primary N) is 1. The van der Waals surface area contributed by atoms with Gasteiger partial charge in [-0.2, -0.15) is 0 Å². The molecule has 0 saturated carbocycles. The summed E-state index contributed by atoms with van der Waals surface area (Å²) in [6.45, 7) is 2.77. The number of hydrogen-bond acceptors (Lipinski definition) is 1. The molecule has 1 heteroatoms. The van der Waals surface area contributed by atoms with Crippen LogP contribution in [0.4, 0.5) is 0 Å². The Kier molecular flexibility index (Phi) is 3.37. The van der Waals surface area contributed by atoms with Crippen LogP contribution in [-0.4, -0.2) is 0 Å². The van der Waals surface area contributed by atoms with Crippen molar-refractivity contribution in [2.24, 2.45) is 5.73 Å². The minimum atomic E-state index is 0.598. The van der Waals surface area contributed by atoms with Crippen LogP contribution < -0.4 is 5.73 Å². The average molecular weight is 211 g/mol. The van der Waals surface area contributed by atoms with E-state index in [-0.39, 0.29) is 0 Å². The van der Waals surface area contributed by atoms with E-state index in [1.54, 1.807) is 0 Å². The third kappa shape index (κ3) is 2.31. The van der Waals surface area contributed by atoms with Gasteiger partial charge in [-0.05, 0) is 34.7 Å². The summed E-state index contributed by atoms with van der Waals surface area (Å²) in [5, 5.41) is 0. The molecule has 0 unspecified atom stereocenters. The maximum absolute atomic E-state index is 5.64. The van der Waals surface area contributed by atoms with E-state index in [2.05, 4.69) is 55.5 Å². The van der Waals surface area contributed by atoms with Gasteiger partial charge in [0.1, 0.15) is 0 Å². The molecule has 2 aromatic carbocycles. The van der Waals surface area contributed by atoms with Gasteiger partial charge in [-0.3, -0.25) is 0 Å². The van der Waals surface area contributed by atoms with Crippen LogP contribution in [0.2, 0.25) is 0 Å². The average Bonchev–Trinajstić information content (AvgIpc) is 2.39. The molecule has 0 heterocycles. The Balaban J connectivity index is 2.34. The number of rotatable bonds is 3. The summed E-state index contributed by atoms with van der Waals surface area (Å²) in [5.74, 6) is 0. The topological polar surface area (TPSA) is 26.0 Å². The highest BCUT2D eigenvalue weighted by atomic mass is 14.5. The predicted octanol–water partition coefficient (Wildman–Crippen LogP) is 3.37. The van der Waals surface area contributed by atoms with Crippen molar-refractivity contribution in [2.75, 3.05) is 0 Å². The minimum absolute atomic E-state index is 0.598. The highest BCUT2D eigenvalue weighted by molar-refractivity contribution is 5.64. The van der Waals surface area contributed by atoms with Gasteiger partial charge in [0.25, 0.3) is 0 Å². The first kappa shape index (κ1) is 10.9. The fraction of sp³-hybridized carbons (Fsp3) is 0.200. The summed E-state index contributed by atoms with van der Waals surface area (Å²) >= 11 is 0. The second-order valence-electron chi connectivity index (χ2n) is 3.95. The van der Waals surface area contributed by atoms with Crippen LogP contribution in [0.1, 0.15) is 18.1 Å². The lowest BCUT2D eigenvalue weighted by Gasteiger charge is -2.05. The lowest BCUT2D eigenvalue weighted by molar-refractivity contribution is 1.07. The van der Waals surface area contributed by atoms with Crippen molar-refractivity contribution in [1.29, 1.82) is 0 Å². The summed E-state index contributed by atoms with van der Waals surface area (Å²) in [7, 11) is 0. The fourth-order valence-corrected chi connectivity index (χ4v) is 1.81. The third-order valence-corrected chi connectivity index (χ3v) is 2.86. The van der Waals surface area contributed by atoms with Gasteiger partial charge in [-0.1, -0.05) is 49.4 Å². The molecule has 82 valence electrons. The molecule has 0 aliphatic heterocycles. The monoisotopic (exact) mass is 211 g/mol. The Morgan fingerprint density at radius 2 is 1.62 bits per heavy atom. The van der Waals surface area contributed by atoms with E-state index in [0.29, 0.717) is 6.54 Å². The first-order chi connectivity index (χ1) is 7.83. The first-order valence-electron chi connectivity index (χ1n) is 5.72. The van der Waals surface area contributed by atoms with Crippen molar-refractivity contribution in [1.82, 2.24) is 0 Å². The fourth-order valence-electron chi connectivity index (χ4n) is 1.81. The van der Waals surface area contributed by atoms with E-state index in [1.165, 1.54) is 22.3 Å². The molecule has 0 atom stereocenters. The maximum Gasteiger partial charge on any atom is 0.0178 e. The van der Waals surface area contributed by atoms with Gasteiger partial charge in [0.2, 0.25) is 0 Å². The molecule has 1 nitrogen and oxygen atoms in total. The van der Waals surface area contributed by atoms with Crippen LogP contribution in [0.5, 0.6) is 0 Å². The maximum atomic E-state index is 5.64. The van der Waals surface area contributed by atoms with Crippen LogP contribution in [0.3, 0.4) is 0 Å². The molecule has 0 bridgehead atoms. The minimum Gasteiger partial charge on any atom is -0.326 e. The van der Waals surface area contributed by atoms with Gasteiger partial charge < -0.3 is 5.73 Å². The summed E-state index contributed by atoms with van der Waals surface area (Å²) in [6.07, 6.45) is 1.09. The van der Waals surface area contributed by atoms with E-state index in [4.69, 9.17) is 5.73 Å². The molecule has 0 aliphatic carbocycles. The largest absolute Gasteiger partial charge is 0.326 e. The molecule has 0 amide bonds. The molecular formula is C15H17N.